The SMILES string of the molecule is Cc1ccc(C)c(C2NCCC(c3cccc(Cl)c3)C23C(=O)Nc2cc(Cl)ccc23)c1. The maximum absolute atomic E-state index is 13.9. The molecule has 1 saturated heterocycles. The van der Waals surface area contributed by atoms with E-state index in [1.807, 2.05) is 36.4 Å². The van der Waals surface area contributed by atoms with Crippen molar-refractivity contribution in [2.24, 2.45) is 0 Å². The number of benzene rings is 3. The van der Waals surface area contributed by atoms with Gasteiger partial charge in [-0.2, -0.15) is 0 Å². The van der Waals surface area contributed by atoms with Gasteiger partial charge in [-0.25, -0.2) is 0 Å². The summed E-state index contributed by atoms with van der Waals surface area (Å²) in [7, 11) is 0. The number of rotatable bonds is 2. The molecule has 5 heteroatoms. The summed E-state index contributed by atoms with van der Waals surface area (Å²) < 4.78 is 0. The van der Waals surface area contributed by atoms with Crippen LogP contribution in [-0.2, 0) is 10.2 Å². The lowest BCUT2D eigenvalue weighted by Crippen LogP contribution is -2.55. The average molecular weight is 451 g/mol. The largest absolute Gasteiger partial charge is 0.325 e. The molecule has 5 rings (SSSR count). The number of carbonyl (C=O) groups is 1. The van der Waals surface area contributed by atoms with Crippen LogP contribution in [0.2, 0.25) is 10.0 Å². The molecule has 3 nitrogen and oxygen atoms in total. The smallest absolute Gasteiger partial charge is 0.237 e. The fourth-order valence-electron chi connectivity index (χ4n) is 5.50. The standard InChI is InChI=1S/C26H24Cl2N2O/c1-15-6-7-16(2)20(12-15)24-26(22-9-8-19(28)14-23(22)30-25(26)31)21(10-11-29-24)17-4-3-5-18(27)13-17/h3-9,12-14,21,24,29H,10-11H2,1-2H3,(H,30,31). The summed E-state index contributed by atoms with van der Waals surface area (Å²) in [6, 6.07) is 20.0. The first-order valence-corrected chi connectivity index (χ1v) is 11.3. The predicted molar refractivity (Wildman–Crippen MR) is 127 cm³/mol. The molecule has 1 spiro atoms. The summed E-state index contributed by atoms with van der Waals surface area (Å²) >= 11 is 12.7. The molecule has 31 heavy (non-hydrogen) atoms. The Morgan fingerprint density at radius 3 is 2.58 bits per heavy atom. The lowest BCUT2D eigenvalue weighted by Gasteiger charge is -2.47. The Labute approximate surface area is 192 Å². The highest BCUT2D eigenvalue weighted by Gasteiger charge is 2.59. The molecule has 1 amide bonds. The van der Waals surface area contributed by atoms with Gasteiger partial charge in [-0.05, 0) is 73.3 Å². The lowest BCUT2D eigenvalue weighted by molar-refractivity contribution is -0.123. The second-order valence-corrected chi connectivity index (χ2v) is 9.53. The molecule has 1 fully saturated rings. The van der Waals surface area contributed by atoms with Gasteiger partial charge in [-0.1, -0.05) is 65.2 Å². The molecule has 2 aliphatic heterocycles. The van der Waals surface area contributed by atoms with Crippen LogP contribution < -0.4 is 10.6 Å². The van der Waals surface area contributed by atoms with Crippen molar-refractivity contribution in [2.75, 3.05) is 11.9 Å². The van der Waals surface area contributed by atoms with Gasteiger partial charge in [0, 0.05) is 21.7 Å². The number of piperidine rings is 1. The van der Waals surface area contributed by atoms with Crippen LogP contribution in [0, 0.1) is 13.8 Å². The molecule has 3 unspecified atom stereocenters. The van der Waals surface area contributed by atoms with Crippen molar-refractivity contribution in [3.05, 3.63) is 98.5 Å². The van der Waals surface area contributed by atoms with Crippen molar-refractivity contribution in [1.29, 1.82) is 0 Å². The van der Waals surface area contributed by atoms with Crippen LogP contribution >= 0.6 is 23.2 Å². The van der Waals surface area contributed by atoms with Crippen LogP contribution in [-0.4, -0.2) is 12.5 Å². The summed E-state index contributed by atoms with van der Waals surface area (Å²) in [5, 5.41) is 8.16. The van der Waals surface area contributed by atoms with E-state index in [1.54, 1.807) is 0 Å². The summed E-state index contributed by atoms with van der Waals surface area (Å²) in [5.74, 6) is -0.0207. The van der Waals surface area contributed by atoms with E-state index in [9.17, 15) is 4.79 Å². The molecule has 158 valence electrons. The van der Waals surface area contributed by atoms with Crippen LogP contribution in [0.5, 0.6) is 0 Å². The third-order valence-corrected chi connectivity index (χ3v) is 7.30. The summed E-state index contributed by atoms with van der Waals surface area (Å²) in [6.45, 7) is 5.02. The summed E-state index contributed by atoms with van der Waals surface area (Å²) in [5.41, 5.74) is 5.57. The number of fused-ring (bicyclic) bond motifs is 2. The van der Waals surface area contributed by atoms with E-state index in [1.165, 1.54) is 11.1 Å². The molecular formula is C26H24Cl2N2O. The number of amides is 1. The minimum Gasteiger partial charge on any atom is -0.325 e. The van der Waals surface area contributed by atoms with Crippen molar-refractivity contribution in [3.63, 3.8) is 0 Å². The molecule has 0 saturated carbocycles. The zero-order chi connectivity index (χ0) is 21.8. The number of aryl methyl sites for hydroxylation is 2. The van der Waals surface area contributed by atoms with Crippen LogP contribution in [0.25, 0.3) is 0 Å². The van der Waals surface area contributed by atoms with Gasteiger partial charge in [0.1, 0.15) is 5.41 Å². The quantitative estimate of drug-likeness (QED) is 0.479. The molecule has 3 aromatic carbocycles. The van der Waals surface area contributed by atoms with Crippen molar-refractivity contribution in [3.8, 4) is 0 Å². The normalized spacial score (nSPS) is 24.8. The number of nitrogens with one attached hydrogen (secondary N) is 2. The third kappa shape index (κ3) is 3.18. The van der Waals surface area contributed by atoms with Gasteiger partial charge in [0.2, 0.25) is 5.91 Å². The fourth-order valence-corrected chi connectivity index (χ4v) is 5.87. The zero-order valence-electron chi connectivity index (χ0n) is 17.5. The molecule has 2 heterocycles. The zero-order valence-corrected chi connectivity index (χ0v) is 19.0. The molecule has 2 aliphatic rings. The van der Waals surface area contributed by atoms with Crippen molar-refractivity contribution < 1.29 is 4.79 Å². The van der Waals surface area contributed by atoms with Gasteiger partial charge >= 0.3 is 0 Å². The first-order valence-electron chi connectivity index (χ1n) is 10.6. The Balaban J connectivity index is 1.80. The van der Waals surface area contributed by atoms with E-state index in [4.69, 9.17) is 23.2 Å². The van der Waals surface area contributed by atoms with Gasteiger partial charge < -0.3 is 10.6 Å². The van der Waals surface area contributed by atoms with Crippen molar-refractivity contribution >= 4 is 34.8 Å². The number of hydrogen-bond acceptors (Lipinski definition) is 2. The Kier molecular flexibility index (Phi) is 5.09. The van der Waals surface area contributed by atoms with Gasteiger partial charge in [0.15, 0.2) is 0 Å². The Bertz CT molecular complexity index is 1190. The van der Waals surface area contributed by atoms with Crippen LogP contribution in [0.4, 0.5) is 5.69 Å². The molecule has 0 aromatic heterocycles. The van der Waals surface area contributed by atoms with Crippen molar-refractivity contribution in [2.45, 2.75) is 37.6 Å². The van der Waals surface area contributed by atoms with Crippen LogP contribution in [0.3, 0.4) is 0 Å². The van der Waals surface area contributed by atoms with Crippen LogP contribution in [0.1, 0.15) is 46.2 Å². The molecule has 2 N–H and O–H groups in total. The van der Waals surface area contributed by atoms with Gasteiger partial charge in [0.25, 0.3) is 0 Å². The van der Waals surface area contributed by atoms with Gasteiger partial charge in [0.05, 0.1) is 6.04 Å². The molecule has 3 aromatic rings. The van der Waals surface area contributed by atoms with E-state index in [0.29, 0.717) is 10.0 Å². The monoisotopic (exact) mass is 450 g/mol. The van der Waals surface area contributed by atoms with Crippen LogP contribution in [0.15, 0.2) is 60.7 Å². The maximum Gasteiger partial charge on any atom is 0.237 e. The lowest BCUT2D eigenvalue weighted by atomic mass is 9.59. The van der Waals surface area contributed by atoms with E-state index in [-0.39, 0.29) is 17.9 Å². The summed E-state index contributed by atoms with van der Waals surface area (Å²) in [6.07, 6.45) is 0.831. The number of halogens is 2. The Morgan fingerprint density at radius 2 is 1.77 bits per heavy atom. The number of carbonyl (C=O) groups excluding carboxylic acids is 1. The highest BCUT2D eigenvalue weighted by molar-refractivity contribution is 6.31. The second kappa shape index (κ2) is 7.67. The molecule has 0 radical (unpaired) electrons. The van der Waals surface area contributed by atoms with E-state index in [0.717, 1.165) is 35.3 Å². The van der Waals surface area contributed by atoms with E-state index in [2.05, 4.69) is 48.7 Å². The Hall–Kier alpha value is -2.33. The fraction of sp³-hybridized carbons (Fsp3) is 0.269. The maximum atomic E-state index is 13.9. The van der Waals surface area contributed by atoms with Gasteiger partial charge in [-0.3, -0.25) is 4.79 Å². The first kappa shape index (κ1) is 20.6. The molecular weight excluding hydrogens is 427 g/mol. The van der Waals surface area contributed by atoms with E-state index < -0.39 is 5.41 Å². The average Bonchev–Trinajstić information content (AvgIpc) is 3.01. The highest BCUT2D eigenvalue weighted by Crippen LogP contribution is 2.57. The number of hydrogen-bond donors (Lipinski definition) is 2. The minimum atomic E-state index is -0.804. The van der Waals surface area contributed by atoms with E-state index >= 15 is 0 Å². The Morgan fingerprint density at radius 1 is 0.968 bits per heavy atom. The molecule has 0 bridgehead atoms. The van der Waals surface area contributed by atoms with Crippen molar-refractivity contribution in [1.82, 2.24) is 5.32 Å². The predicted octanol–water partition coefficient (Wildman–Crippen LogP) is 6.32. The first-order chi connectivity index (χ1) is 14.9. The highest BCUT2D eigenvalue weighted by atomic mass is 35.5. The minimum absolute atomic E-state index is 0.00727. The topological polar surface area (TPSA) is 41.1 Å². The molecule has 3 atom stereocenters. The second-order valence-electron chi connectivity index (χ2n) is 8.66. The summed E-state index contributed by atoms with van der Waals surface area (Å²) in [4.78, 5) is 13.9. The number of anilines is 1. The molecule has 0 aliphatic carbocycles. The van der Waals surface area contributed by atoms with Gasteiger partial charge in [-0.15, -0.1) is 0 Å². The third-order valence-electron chi connectivity index (χ3n) is 6.83.